The molecule has 0 heterocycles. The van der Waals surface area contributed by atoms with E-state index in [0.717, 1.165) is 30.6 Å². The molecule has 2 unspecified atom stereocenters. The van der Waals surface area contributed by atoms with Gasteiger partial charge < -0.3 is 21.4 Å². The molecule has 1 aliphatic carbocycles. The first-order chi connectivity index (χ1) is 10.2. The molecular formula is C16H25N3O2. The van der Waals surface area contributed by atoms with Crippen LogP contribution in [0.25, 0.3) is 0 Å². The number of hydrogen-bond donors (Lipinski definition) is 4. The van der Waals surface area contributed by atoms with Gasteiger partial charge in [0, 0.05) is 18.7 Å². The molecule has 5 nitrogen and oxygen atoms in total. The Morgan fingerprint density at radius 2 is 2.05 bits per heavy atom. The van der Waals surface area contributed by atoms with Gasteiger partial charge in [-0.1, -0.05) is 36.2 Å². The number of oxime groups is 1. The summed E-state index contributed by atoms with van der Waals surface area (Å²) < 4.78 is 0. The highest BCUT2D eigenvalue weighted by atomic mass is 16.4. The van der Waals surface area contributed by atoms with Crippen molar-refractivity contribution in [2.24, 2.45) is 22.7 Å². The SMILES string of the molecule is NC(=NO)c1cccc(CNCC2CCCCC2CO)c1. The van der Waals surface area contributed by atoms with Gasteiger partial charge in [-0.15, -0.1) is 0 Å². The lowest BCUT2D eigenvalue weighted by molar-refractivity contribution is 0.133. The van der Waals surface area contributed by atoms with E-state index in [-0.39, 0.29) is 5.84 Å². The van der Waals surface area contributed by atoms with Crippen LogP contribution in [0.2, 0.25) is 0 Å². The smallest absolute Gasteiger partial charge is 0.170 e. The van der Waals surface area contributed by atoms with Gasteiger partial charge in [-0.25, -0.2) is 0 Å². The molecule has 0 spiro atoms. The minimum atomic E-state index is 0.129. The third kappa shape index (κ3) is 4.44. The Labute approximate surface area is 125 Å². The van der Waals surface area contributed by atoms with Crippen LogP contribution in [0.4, 0.5) is 0 Å². The Morgan fingerprint density at radius 3 is 2.76 bits per heavy atom. The van der Waals surface area contributed by atoms with E-state index in [1.807, 2.05) is 24.3 Å². The van der Waals surface area contributed by atoms with Gasteiger partial charge in [-0.05, 0) is 42.9 Å². The summed E-state index contributed by atoms with van der Waals surface area (Å²) in [7, 11) is 0. The Morgan fingerprint density at radius 1 is 1.29 bits per heavy atom. The monoisotopic (exact) mass is 291 g/mol. The van der Waals surface area contributed by atoms with Crippen molar-refractivity contribution in [3.63, 3.8) is 0 Å². The summed E-state index contributed by atoms with van der Waals surface area (Å²) >= 11 is 0. The lowest BCUT2D eigenvalue weighted by atomic mass is 9.79. The summed E-state index contributed by atoms with van der Waals surface area (Å²) in [6, 6.07) is 7.67. The predicted octanol–water partition coefficient (Wildman–Crippen LogP) is 1.67. The standard InChI is InChI=1S/C16H25N3O2/c17-16(19-21)13-7-3-4-12(8-13)9-18-10-14-5-1-2-6-15(14)11-20/h3-4,7-8,14-15,18,20-21H,1-2,5-6,9-11H2,(H2,17,19). The molecule has 2 atom stereocenters. The number of amidine groups is 1. The van der Waals surface area contributed by atoms with Crippen molar-refractivity contribution in [2.75, 3.05) is 13.2 Å². The number of rotatable bonds is 6. The fourth-order valence-electron chi connectivity index (χ4n) is 3.09. The largest absolute Gasteiger partial charge is 0.409 e. The molecule has 1 saturated carbocycles. The van der Waals surface area contributed by atoms with Gasteiger partial charge in [-0.2, -0.15) is 0 Å². The minimum absolute atomic E-state index is 0.129. The molecule has 1 aromatic rings. The van der Waals surface area contributed by atoms with E-state index in [0.29, 0.717) is 18.4 Å². The van der Waals surface area contributed by atoms with E-state index in [4.69, 9.17) is 10.9 Å². The number of nitrogens with one attached hydrogen (secondary N) is 1. The van der Waals surface area contributed by atoms with Gasteiger partial charge in [0.25, 0.3) is 0 Å². The Hall–Kier alpha value is -1.59. The molecular weight excluding hydrogens is 266 g/mol. The van der Waals surface area contributed by atoms with Crippen molar-refractivity contribution in [1.29, 1.82) is 0 Å². The van der Waals surface area contributed by atoms with E-state index in [1.165, 1.54) is 19.3 Å². The molecule has 116 valence electrons. The second kappa shape index (κ2) is 8.00. The fraction of sp³-hybridized carbons (Fsp3) is 0.562. The highest BCUT2D eigenvalue weighted by molar-refractivity contribution is 5.97. The molecule has 0 aromatic heterocycles. The van der Waals surface area contributed by atoms with Crippen molar-refractivity contribution < 1.29 is 10.3 Å². The number of nitrogens with two attached hydrogens (primary N) is 1. The first-order valence-corrected chi connectivity index (χ1v) is 7.63. The summed E-state index contributed by atoms with van der Waals surface area (Å²) in [5, 5.41) is 24.6. The highest BCUT2D eigenvalue weighted by Crippen LogP contribution is 2.29. The molecule has 0 radical (unpaired) electrons. The molecule has 0 amide bonds. The Bertz CT molecular complexity index is 476. The average molecular weight is 291 g/mol. The van der Waals surface area contributed by atoms with Crippen molar-refractivity contribution in [3.05, 3.63) is 35.4 Å². The maximum atomic E-state index is 9.42. The molecule has 0 aliphatic heterocycles. The van der Waals surface area contributed by atoms with Gasteiger partial charge in [-0.3, -0.25) is 0 Å². The van der Waals surface area contributed by atoms with Crippen LogP contribution in [0.15, 0.2) is 29.4 Å². The number of aliphatic hydroxyl groups excluding tert-OH is 1. The molecule has 21 heavy (non-hydrogen) atoms. The van der Waals surface area contributed by atoms with E-state index < -0.39 is 0 Å². The van der Waals surface area contributed by atoms with E-state index in [9.17, 15) is 5.11 Å². The summed E-state index contributed by atoms with van der Waals surface area (Å²) in [5.74, 6) is 1.13. The van der Waals surface area contributed by atoms with E-state index in [2.05, 4.69) is 10.5 Å². The van der Waals surface area contributed by atoms with Crippen LogP contribution in [0, 0.1) is 11.8 Å². The zero-order chi connectivity index (χ0) is 15.1. The van der Waals surface area contributed by atoms with Crippen molar-refractivity contribution in [1.82, 2.24) is 5.32 Å². The second-order valence-corrected chi connectivity index (χ2v) is 5.80. The van der Waals surface area contributed by atoms with Crippen LogP contribution in [0.5, 0.6) is 0 Å². The van der Waals surface area contributed by atoms with Gasteiger partial charge >= 0.3 is 0 Å². The fourth-order valence-corrected chi connectivity index (χ4v) is 3.09. The van der Waals surface area contributed by atoms with E-state index in [1.54, 1.807) is 0 Å². The van der Waals surface area contributed by atoms with Crippen LogP contribution in [-0.2, 0) is 6.54 Å². The third-order valence-electron chi connectivity index (χ3n) is 4.37. The first-order valence-electron chi connectivity index (χ1n) is 7.63. The minimum Gasteiger partial charge on any atom is -0.409 e. The first kappa shape index (κ1) is 15.8. The number of benzene rings is 1. The highest BCUT2D eigenvalue weighted by Gasteiger charge is 2.23. The van der Waals surface area contributed by atoms with Crippen molar-refractivity contribution in [3.8, 4) is 0 Å². The molecule has 0 saturated heterocycles. The summed E-state index contributed by atoms with van der Waals surface area (Å²) in [6.07, 6.45) is 4.84. The van der Waals surface area contributed by atoms with Gasteiger partial charge in [0.05, 0.1) is 0 Å². The van der Waals surface area contributed by atoms with Crippen molar-refractivity contribution >= 4 is 5.84 Å². The molecule has 1 aromatic carbocycles. The summed E-state index contributed by atoms with van der Waals surface area (Å²) in [6.45, 7) is 1.98. The van der Waals surface area contributed by atoms with Crippen LogP contribution < -0.4 is 11.1 Å². The van der Waals surface area contributed by atoms with Crippen LogP contribution >= 0.6 is 0 Å². The number of aliphatic hydroxyl groups is 1. The van der Waals surface area contributed by atoms with Gasteiger partial charge in [0.15, 0.2) is 5.84 Å². The normalized spacial score (nSPS) is 23.2. The van der Waals surface area contributed by atoms with E-state index >= 15 is 0 Å². The van der Waals surface area contributed by atoms with Crippen molar-refractivity contribution in [2.45, 2.75) is 32.2 Å². The number of nitrogens with zero attached hydrogens (tertiary/aromatic N) is 1. The summed E-state index contributed by atoms with van der Waals surface area (Å²) in [5.41, 5.74) is 7.43. The molecule has 0 bridgehead atoms. The second-order valence-electron chi connectivity index (χ2n) is 5.80. The zero-order valence-electron chi connectivity index (χ0n) is 12.3. The maximum absolute atomic E-state index is 9.42. The number of hydrogen-bond acceptors (Lipinski definition) is 4. The van der Waals surface area contributed by atoms with Crippen LogP contribution in [-0.4, -0.2) is 29.3 Å². The molecule has 1 aliphatic rings. The Balaban J connectivity index is 1.85. The lowest BCUT2D eigenvalue weighted by Crippen LogP contribution is -2.32. The molecule has 5 N–H and O–H groups in total. The summed E-state index contributed by atoms with van der Waals surface area (Å²) in [4.78, 5) is 0. The van der Waals surface area contributed by atoms with Gasteiger partial charge in [0.2, 0.25) is 0 Å². The third-order valence-corrected chi connectivity index (χ3v) is 4.37. The predicted molar refractivity (Wildman–Crippen MR) is 83.2 cm³/mol. The quantitative estimate of drug-likeness (QED) is 0.278. The maximum Gasteiger partial charge on any atom is 0.170 e. The van der Waals surface area contributed by atoms with Gasteiger partial charge in [0.1, 0.15) is 0 Å². The topological polar surface area (TPSA) is 90.9 Å². The van der Waals surface area contributed by atoms with Crippen LogP contribution in [0.3, 0.4) is 0 Å². The molecule has 1 fully saturated rings. The molecule has 5 heteroatoms. The Kier molecular flexibility index (Phi) is 6.02. The zero-order valence-corrected chi connectivity index (χ0v) is 12.3. The molecule has 2 rings (SSSR count). The average Bonchev–Trinajstić information content (AvgIpc) is 2.55. The lowest BCUT2D eigenvalue weighted by Gasteiger charge is -2.30. The van der Waals surface area contributed by atoms with Crippen LogP contribution in [0.1, 0.15) is 36.8 Å².